The van der Waals surface area contributed by atoms with E-state index in [1.165, 1.54) is 5.56 Å². The van der Waals surface area contributed by atoms with Crippen molar-refractivity contribution in [2.75, 3.05) is 13.1 Å². The molecule has 0 saturated carbocycles. The van der Waals surface area contributed by atoms with Crippen molar-refractivity contribution in [2.24, 2.45) is 4.99 Å². The van der Waals surface area contributed by atoms with E-state index in [1.807, 2.05) is 35.8 Å². The summed E-state index contributed by atoms with van der Waals surface area (Å²) < 4.78 is 1.82. The standard InChI is InChI=1S/C21H30N4O.HI/c1-4-22-21(24-18(3)19-12-6-5-7-13-19)23-15-8-9-16-25-17(2)11-10-14-20(25)26;/h5-7,10-14,18H,4,8-9,15-16H2,1-3H3,(H2,22,23,24);1H. The number of pyridine rings is 1. The highest BCUT2D eigenvalue weighted by molar-refractivity contribution is 14.0. The third-order valence-corrected chi connectivity index (χ3v) is 4.32. The lowest BCUT2D eigenvalue weighted by Gasteiger charge is -2.18. The number of nitrogens with one attached hydrogen (secondary N) is 2. The average molecular weight is 482 g/mol. The van der Waals surface area contributed by atoms with Crippen LogP contribution in [0.25, 0.3) is 0 Å². The fourth-order valence-electron chi connectivity index (χ4n) is 2.83. The van der Waals surface area contributed by atoms with Crippen LogP contribution in [0.1, 0.15) is 44.0 Å². The van der Waals surface area contributed by atoms with E-state index in [9.17, 15) is 4.79 Å². The van der Waals surface area contributed by atoms with Gasteiger partial charge in [-0.2, -0.15) is 0 Å². The Bertz CT molecular complexity index is 758. The van der Waals surface area contributed by atoms with Crippen LogP contribution in [0.2, 0.25) is 0 Å². The van der Waals surface area contributed by atoms with Gasteiger partial charge in [0.05, 0.1) is 6.04 Å². The fraction of sp³-hybridized carbons (Fsp3) is 0.429. The molecule has 148 valence electrons. The second kappa shape index (κ2) is 12.5. The maximum Gasteiger partial charge on any atom is 0.250 e. The largest absolute Gasteiger partial charge is 0.357 e. The summed E-state index contributed by atoms with van der Waals surface area (Å²) in [6.45, 7) is 8.47. The van der Waals surface area contributed by atoms with Gasteiger partial charge in [0.15, 0.2) is 5.96 Å². The monoisotopic (exact) mass is 482 g/mol. The van der Waals surface area contributed by atoms with Gasteiger partial charge >= 0.3 is 0 Å². The lowest BCUT2D eigenvalue weighted by atomic mass is 10.1. The molecule has 6 heteroatoms. The molecule has 2 aromatic rings. The van der Waals surface area contributed by atoms with E-state index in [1.54, 1.807) is 12.1 Å². The van der Waals surface area contributed by atoms with E-state index < -0.39 is 0 Å². The van der Waals surface area contributed by atoms with Gasteiger partial charge in [-0.3, -0.25) is 9.79 Å². The van der Waals surface area contributed by atoms with Gasteiger partial charge < -0.3 is 15.2 Å². The van der Waals surface area contributed by atoms with Crippen LogP contribution in [0.5, 0.6) is 0 Å². The van der Waals surface area contributed by atoms with Gasteiger partial charge in [0.2, 0.25) is 0 Å². The zero-order chi connectivity index (χ0) is 18.8. The van der Waals surface area contributed by atoms with Gasteiger partial charge in [-0.25, -0.2) is 0 Å². The van der Waals surface area contributed by atoms with Crippen LogP contribution >= 0.6 is 24.0 Å². The number of nitrogens with zero attached hydrogens (tertiary/aromatic N) is 2. The van der Waals surface area contributed by atoms with E-state index in [-0.39, 0.29) is 35.6 Å². The number of guanidine groups is 1. The minimum absolute atomic E-state index is 0. The summed E-state index contributed by atoms with van der Waals surface area (Å²) in [7, 11) is 0. The Kier molecular flexibility index (Phi) is 10.8. The number of aromatic nitrogens is 1. The van der Waals surface area contributed by atoms with Crippen LogP contribution in [0.15, 0.2) is 58.3 Å². The van der Waals surface area contributed by atoms with E-state index >= 15 is 0 Å². The molecule has 5 nitrogen and oxygen atoms in total. The highest BCUT2D eigenvalue weighted by atomic mass is 127. The van der Waals surface area contributed by atoms with Crippen LogP contribution in [0.3, 0.4) is 0 Å². The Balaban J connectivity index is 0.00000364. The molecule has 0 saturated heterocycles. The third kappa shape index (κ3) is 7.74. The lowest BCUT2D eigenvalue weighted by molar-refractivity contribution is 0.584. The Labute approximate surface area is 179 Å². The van der Waals surface area contributed by atoms with Crippen molar-refractivity contribution in [1.82, 2.24) is 15.2 Å². The molecule has 1 aromatic carbocycles. The predicted octanol–water partition coefficient (Wildman–Crippen LogP) is 3.87. The van der Waals surface area contributed by atoms with Crippen LogP contribution in [-0.4, -0.2) is 23.6 Å². The van der Waals surface area contributed by atoms with Gasteiger partial charge in [0.1, 0.15) is 0 Å². The summed E-state index contributed by atoms with van der Waals surface area (Å²) in [5, 5.41) is 6.74. The molecule has 1 atom stereocenters. The molecule has 1 unspecified atom stereocenters. The molecular weight excluding hydrogens is 451 g/mol. The highest BCUT2D eigenvalue weighted by Gasteiger charge is 2.06. The lowest BCUT2D eigenvalue weighted by Crippen LogP contribution is -2.38. The summed E-state index contributed by atoms with van der Waals surface area (Å²) in [4.78, 5) is 16.5. The second-order valence-electron chi connectivity index (χ2n) is 6.40. The van der Waals surface area contributed by atoms with E-state index in [4.69, 9.17) is 0 Å². The van der Waals surface area contributed by atoms with Crippen molar-refractivity contribution >= 4 is 29.9 Å². The molecule has 0 aliphatic rings. The Hall–Kier alpha value is -1.83. The normalized spacial score (nSPS) is 12.2. The second-order valence-corrected chi connectivity index (χ2v) is 6.40. The minimum Gasteiger partial charge on any atom is -0.357 e. The van der Waals surface area contributed by atoms with Crippen molar-refractivity contribution in [3.05, 3.63) is 70.1 Å². The molecule has 2 rings (SSSR count). The van der Waals surface area contributed by atoms with Gasteiger partial charge in [-0.15, -0.1) is 24.0 Å². The first-order chi connectivity index (χ1) is 12.6. The zero-order valence-electron chi connectivity index (χ0n) is 16.4. The molecule has 0 fully saturated rings. The zero-order valence-corrected chi connectivity index (χ0v) is 18.8. The van der Waals surface area contributed by atoms with Crippen LogP contribution in [0, 0.1) is 6.92 Å². The molecule has 1 aromatic heterocycles. The first kappa shape index (κ1) is 23.2. The molecule has 0 aliphatic heterocycles. The molecule has 0 aliphatic carbocycles. The summed E-state index contributed by atoms with van der Waals surface area (Å²) in [6, 6.07) is 15.9. The summed E-state index contributed by atoms with van der Waals surface area (Å²) in [5.41, 5.74) is 2.31. The van der Waals surface area contributed by atoms with Crippen LogP contribution in [0.4, 0.5) is 0 Å². The van der Waals surface area contributed by atoms with Crippen LogP contribution in [-0.2, 0) is 6.54 Å². The van der Waals surface area contributed by atoms with E-state index in [2.05, 4.69) is 41.6 Å². The van der Waals surface area contributed by atoms with Crippen molar-refractivity contribution in [3.8, 4) is 0 Å². The maximum absolute atomic E-state index is 11.9. The minimum atomic E-state index is 0. The molecule has 0 radical (unpaired) electrons. The van der Waals surface area contributed by atoms with Gasteiger partial charge in [0, 0.05) is 31.4 Å². The van der Waals surface area contributed by atoms with Gasteiger partial charge in [0.25, 0.3) is 5.56 Å². The molecule has 2 N–H and O–H groups in total. The fourth-order valence-corrected chi connectivity index (χ4v) is 2.83. The average Bonchev–Trinajstić information content (AvgIpc) is 2.64. The Morgan fingerprint density at radius 3 is 2.52 bits per heavy atom. The van der Waals surface area contributed by atoms with E-state index in [0.717, 1.165) is 44.1 Å². The van der Waals surface area contributed by atoms with Gasteiger partial charge in [-0.1, -0.05) is 36.4 Å². The molecule has 1 heterocycles. The number of unbranched alkanes of at least 4 members (excludes halogenated alkanes) is 1. The Morgan fingerprint density at radius 2 is 1.85 bits per heavy atom. The van der Waals surface area contributed by atoms with Crippen molar-refractivity contribution in [1.29, 1.82) is 0 Å². The number of hydrogen-bond acceptors (Lipinski definition) is 2. The predicted molar refractivity (Wildman–Crippen MR) is 124 cm³/mol. The first-order valence-corrected chi connectivity index (χ1v) is 9.38. The Morgan fingerprint density at radius 1 is 1.11 bits per heavy atom. The molecule has 0 amide bonds. The number of aryl methyl sites for hydroxylation is 1. The maximum atomic E-state index is 11.9. The molecule has 27 heavy (non-hydrogen) atoms. The number of rotatable bonds is 8. The quantitative estimate of drug-likeness (QED) is 0.260. The summed E-state index contributed by atoms with van der Waals surface area (Å²) in [6.07, 6.45) is 1.87. The number of aliphatic imine (C=N–C) groups is 1. The highest BCUT2D eigenvalue weighted by Crippen LogP contribution is 2.10. The van der Waals surface area contributed by atoms with Crippen LogP contribution < -0.4 is 16.2 Å². The van der Waals surface area contributed by atoms with Crippen molar-refractivity contribution < 1.29 is 0 Å². The van der Waals surface area contributed by atoms with Gasteiger partial charge in [-0.05, 0) is 45.2 Å². The van der Waals surface area contributed by atoms with E-state index in [0.29, 0.717) is 0 Å². The smallest absolute Gasteiger partial charge is 0.250 e. The van der Waals surface area contributed by atoms with Crippen molar-refractivity contribution in [3.63, 3.8) is 0 Å². The summed E-state index contributed by atoms with van der Waals surface area (Å²) >= 11 is 0. The molecule has 0 bridgehead atoms. The number of benzene rings is 1. The molecule has 0 spiro atoms. The summed E-state index contributed by atoms with van der Waals surface area (Å²) in [5.74, 6) is 0.830. The third-order valence-electron chi connectivity index (χ3n) is 4.32. The SMILES string of the molecule is CCNC(=NCCCCn1c(C)cccc1=O)NC(C)c1ccccc1.I. The van der Waals surface area contributed by atoms with Crippen molar-refractivity contribution in [2.45, 2.75) is 46.2 Å². The number of halogens is 1. The number of hydrogen-bond donors (Lipinski definition) is 2. The molecular formula is C21H31IN4O. The topological polar surface area (TPSA) is 58.4 Å². The first-order valence-electron chi connectivity index (χ1n) is 9.38.